The van der Waals surface area contributed by atoms with Crippen LogP contribution in [0.4, 0.5) is 0 Å². The van der Waals surface area contributed by atoms with Crippen molar-refractivity contribution in [3.05, 3.63) is 0 Å². The topological polar surface area (TPSA) is 118 Å². The predicted molar refractivity (Wildman–Crippen MR) is 41.8 cm³/mol. The zero-order valence-electron chi connectivity index (χ0n) is 7.59. The second-order valence-electron chi connectivity index (χ2n) is 2.79. The minimum Gasteiger partial charge on any atom is -0.747 e. The molecule has 0 bridgehead atoms. The van der Waals surface area contributed by atoms with Gasteiger partial charge >= 0.3 is 0 Å². The van der Waals surface area contributed by atoms with Gasteiger partial charge in [0.1, 0.15) is 15.4 Å². The molecule has 0 aliphatic rings. The molecular formula is C6H9NO6S-2. The maximum absolute atomic E-state index is 11.1. The Morgan fingerprint density at radius 1 is 1.36 bits per heavy atom. The molecule has 0 spiro atoms. The van der Waals surface area contributed by atoms with Gasteiger partial charge in [0.15, 0.2) is 0 Å². The van der Waals surface area contributed by atoms with Gasteiger partial charge < -0.3 is 19.4 Å². The van der Waals surface area contributed by atoms with Crippen molar-refractivity contribution < 1.29 is 27.7 Å². The third-order valence-corrected chi connectivity index (χ3v) is 2.48. The van der Waals surface area contributed by atoms with E-state index in [0.29, 0.717) is 0 Å². The third kappa shape index (κ3) is 3.71. The third-order valence-electron chi connectivity index (χ3n) is 1.42. The average Bonchev–Trinajstić information content (AvgIpc) is 1.96. The lowest BCUT2D eigenvalue weighted by Crippen LogP contribution is -2.42. The summed E-state index contributed by atoms with van der Waals surface area (Å²) >= 11 is 0. The molecule has 1 unspecified atom stereocenters. The second kappa shape index (κ2) is 4.38. The Morgan fingerprint density at radius 2 is 1.79 bits per heavy atom. The van der Waals surface area contributed by atoms with E-state index in [-0.39, 0.29) is 0 Å². The van der Waals surface area contributed by atoms with E-state index >= 15 is 0 Å². The Bertz CT molecular complexity index is 332. The second-order valence-corrected chi connectivity index (χ2v) is 4.34. The summed E-state index contributed by atoms with van der Waals surface area (Å²) in [5.74, 6) is -2.83. The van der Waals surface area contributed by atoms with Crippen LogP contribution in [0.5, 0.6) is 0 Å². The van der Waals surface area contributed by atoms with E-state index in [9.17, 15) is 27.7 Å². The average molecular weight is 223 g/mol. The van der Waals surface area contributed by atoms with Gasteiger partial charge in [0.2, 0.25) is 5.91 Å². The minimum absolute atomic E-state index is 0.836. The Hall–Kier alpha value is -1.15. The van der Waals surface area contributed by atoms with E-state index in [0.717, 1.165) is 4.90 Å². The van der Waals surface area contributed by atoms with Gasteiger partial charge in [0.05, 0.1) is 0 Å². The first-order valence-electron chi connectivity index (χ1n) is 3.52. The fourth-order valence-electron chi connectivity index (χ4n) is 0.752. The molecule has 0 aromatic carbocycles. The molecule has 82 valence electrons. The maximum Gasteiger partial charge on any atom is 0.239 e. The smallest absolute Gasteiger partial charge is 0.239 e. The molecule has 0 saturated carbocycles. The largest absolute Gasteiger partial charge is 0.747 e. The Labute approximate surface area is 81.1 Å². The number of hydrogen-bond donors (Lipinski definition) is 0. The van der Waals surface area contributed by atoms with Crippen molar-refractivity contribution in [2.75, 3.05) is 14.1 Å². The van der Waals surface area contributed by atoms with Crippen LogP contribution in [-0.2, 0) is 19.7 Å². The van der Waals surface area contributed by atoms with Crippen LogP contribution in [0.2, 0.25) is 0 Å². The van der Waals surface area contributed by atoms with Crippen LogP contribution in [0.25, 0.3) is 0 Å². The summed E-state index contributed by atoms with van der Waals surface area (Å²) in [7, 11) is -2.53. The van der Waals surface area contributed by atoms with Crippen LogP contribution in [-0.4, -0.2) is 49.1 Å². The van der Waals surface area contributed by atoms with Crippen LogP contribution in [0.15, 0.2) is 0 Å². The predicted octanol–water partition coefficient (Wildman–Crippen LogP) is -2.87. The van der Waals surface area contributed by atoms with E-state index < -0.39 is 33.7 Å². The van der Waals surface area contributed by atoms with E-state index in [1.54, 1.807) is 0 Å². The normalized spacial score (nSPS) is 13.4. The number of carboxylic acid groups (broad SMARTS) is 1. The summed E-state index contributed by atoms with van der Waals surface area (Å²) in [6.45, 7) is 0. The Balaban J connectivity index is 4.93. The van der Waals surface area contributed by atoms with E-state index in [1.807, 2.05) is 0 Å². The molecule has 1 amide bonds. The lowest BCUT2D eigenvalue weighted by molar-refractivity contribution is -0.305. The summed E-state index contributed by atoms with van der Waals surface area (Å²) in [5.41, 5.74) is 0. The molecule has 0 aliphatic heterocycles. The van der Waals surface area contributed by atoms with Crippen LogP contribution < -0.4 is 5.11 Å². The van der Waals surface area contributed by atoms with E-state index in [1.165, 1.54) is 14.1 Å². The van der Waals surface area contributed by atoms with Crippen LogP contribution in [0.1, 0.15) is 6.42 Å². The molecule has 7 nitrogen and oxygen atoms in total. The minimum atomic E-state index is -4.97. The fraction of sp³-hybridized carbons (Fsp3) is 0.667. The molecule has 1 atom stereocenters. The van der Waals surface area contributed by atoms with Crippen molar-refractivity contribution in [1.29, 1.82) is 0 Å². The van der Waals surface area contributed by atoms with Crippen LogP contribution in [0, 0.1) is 0 Å². The molecule has 0 saturated heterocycles. The zero-order valence-corrected chi connectivity index (χ0v) is 8.41. The molecule has 0 aromatic rings. The number of carbonyl (C=O) groups excluding carboxylic acids is 2. The van der Waals surface area contributed by atoms with Crippen molar-refractivity contribution in [1.82, 2.24) is 4.90 Å². The molecule has 0 aliphatic carbocycles. The molecule has 0 rings (SSSR count). The van der Waals surface area contributed by atoms with Crippen molar-refractivity contribution in [3.63, 3.8) is 0 Å². The molecule has 14 heavy (non-hydrogen) atoms. The Morgan fingerprint density at radius 3 is 2.00 bits per heavy atom. The molecule has 0 fully saturated rings. The van der Waals surface area contributed by atoms with Crippen molar-refractivity contribution >= 4 is 22.0 Å². The molecule has 0 heterocycles. The zero-order chi connectivity index (χ0) is 11.5. The lowest BCUT2D eigenvalue weighted by Gasteiger charge is -2.23. The van der Waals surface area contributed by atoms with Crippen molar-refractivity contribution in [3.8, 4) is 0 Å². The van der Waals surface area contributed by atoms with Gasteiger partial charge in [-0.1, -0.05) is 0 Å². The molecule has 8 heteroatoms. The number of carbonyl (C=O) groups is 2. The van der Waals surface area contributed by atoms with Crippen molar-refractivity contribution in [2.45, 2.75) is 11.7 Å². The van der Waals surface area contributed by atoms with Crippen molar-refractivity contribution in [2.24, 2.45) is 0 Å². The van der Waals surface area contributed by atoms with Crippen LogP contribution in [0.3, 0.4) is 0 Å². The summed E-state index contributed by atoms with van der Waals surface area (Å²) in [4.78, 5) is 22.0. The molecular weight excluding hydrogens is 214 g/mol. The maximum atomic E-state index is 11.1. The van der Waals surface area contributed by atoms with E-state index in [2.05, 4.69) is 0 Å². The van der Waals surface area contributed by atoms with Gasteiger partial charge in [-0.2, -0.15) is 0 Å². The van der Waals surface area contributed by atoms with E-state index in [4.69, 9.17) is 0 Å². The quantitative estimate of drug-likeness (QED) is 0.473. The summed E-state index contributed by atoms with van der Waals surface area (Å²) in [6, 6.07) is 0. The fourth-order valence-corrected chi connectivity index (χ4v) is 1.55. The molecule has 0 radical (unpaired) electrons. The van der Waals surface area contributed by atoms with Gasteiger partial charge in [-0.05, 0) is 0 Å². The monoisotopic (exact) mass is 223 g/mol. The number of rotatable bonds is 4. The first-order valence-corrected chi connectivity index (χ1v) is 4.99. The summed E-state index contributed by atoms with van der Waals surface area (Å²) < 4.78 is 31.6. The number of hydrogen-bond acceptors (Lipinski definition) is 6. The van der Waals surface area contributed by atoms with Crippen LogP contribution >= 0.6 is 0 Å². The van der Waals surface area contributed by atoms with Gasteiger partial charge in [0, 0.05) is 26.5 Å². The highest BCUT2D eigenvalue weighted by Gasteiger charge is 2.26. The lowest BCUT2D eigenvalue weighted by atomic mass is 10.3. The number of amides is 1. The number of aliphatic carboxylic acids is 1. The summed E-state index contributed by atoms with van der Waals surface area (Å²) in [5, 5.41) is 7.99. The highest BCUT2D eigenvalue weighted by Crippen LogP contribution is 2.06. The van der Waals surface area contributed by atoms with Gasteiger partial charge in [-0.15, -0.1) is 0 Å². The molecule has 0 aromatic heterocycles. The SMILES string of the molecule is CN(C)C(=O)C(CC(=O)[O-])S(=O)(=O)[O-]. The van der Waals surface area contributed by atoms with Gasteiger partial charge in [0.25, 0.3) is 0 Å². The standard InChI is InChI=1S/C6H11NO6S/c1-7(2)6(10)4(3-5(8)9)14(11,12)13/h4H,3H2,1-2H3,(H,8,9)(H,11,12,13)/p-2. The van der Waals surface area contributed by atoms with Gasteiger partial charge in [-0.3, -0.25) is 4.79 Å². The highest BCUT2D eigenvalue weighted by atomic mass is 32.2. The Kier molecular flexibility index (Phi) is 4.02. The first-order chi connectivity index (χ1) is 6.16. The number of carboxylic acids is 1. The van der Waals surface area contributed by atoms with Gasteiger partial charge in [-0.25, -0.2) is 8.42 Å². The highest BCUT2D eigenvalue weighted by molar-refractivity contribution is 7.87. The molecule has 0 N–H and O–H groups in total. The number of nitrogens with zero attached hydrogens (tertiary/aromatic N) is 1. The first kappa shape index (κ1) is 12.8. The summed E-state index contributed by atoms with van der Waals surface area (Å²) in [6.07, 6.45) is -1.12.